The van der Waals surface area contributed by atoms with E-state index in [2.05, 4.69) is 33.7 Å². The molecular weight excluding hydrogens is 460 g/mol. The third kappa shape index (κ3) is 7.71. The second kappa shape index (κ2) is 13.3. The number of hydrogen-bond acceptors (Lipinski definition) is 5. The largest absolute Gasteiger partial charge is 0.508 e. The Hall–Kier alpha value is -2.57. The molecule has 0 radical (unpaired) electrons. The summed E-state index contributed by atoms with van der Waals surface area (Å²) < 4.78 is 0. The standard InChI is InChI=1S/C31H46N4O2/c1-22-17-25(36)18-23(2)26(22)20-28(32)31(37)34-30-13-14-33-29-12-11-24(19-27(29)30)21-35-15-9-7-5-3-4-6-8-10-16-35/h11-12,17-19,28,30,33,36H,3-10,13-16,20-21,32H2,1-2H3,(H,34,37)/t28-,30+/m0/s1. The van der Waals surface area contributed by atoms with Crippen LogP contribution in [0.25, 0.3) is 0 Å². The van der Waals surface area contributed by atoms with E-state index < -0.39 is 6.04 Å². The summed E-state index contributed by atoms with van der Waals surface area (Å²) in [5.41, 5.74) is 12.9. The lowest BCUT2D eigenvalue weighted by molar-refractivity contribution is -0.123. The van der Waals surface area contributed by atoms with E-state index in [-0.39, 0.29) is 17.7 Å². The van der Waals surface area contributed by atoms with Gasteiger partial charge in [-0.1, -0.05) is 50.7 Å². The van der Waals surface area contributed by atoms with E-state index in [9.17, 15) is 9.90 Å². The third-order valence-corrected chi connectivity index (χ3v) is 8.10. The molecule has 1 saturated heterocycles. The maximum atomic E-state index is 13.2. The van der Waals surface area contributed by atoms with Crippen LogP contribution in [0.3, 0.4) is 0 Å². The first-order valence-electron chi connectivity index (χ1n) is 14.3. The van der Waals surface area contributed by atoms with Gasteiger partial charge >= 0.3 is 0 Å². The molecule has 2 heterocycles. The monoisotopic (exact) mass is 506 g/mol. The minimum atomic E-state index is -0.637. The van der Waals surface area contributed by atoms with Gasteiger partial charge in [0.15, 0.2) is 0 Å². The molecule has 2 aliphatic heterocycles. The van der Waals surface area contributed by atoms with E-state index in [4.69, 9.17) is 5.73 Å². The van der Waals surface area contributed by atoms with Gasteiger partial charge in [-0.05, 0) is 98.6 Å². The topological polar surface area (TPSA) is 90.6 Å². The second-order valence-electron chi connectivity index (χ2n) is 11.2. The number of aryl methyl sites for hydroxylation is 2. The third-order valence-electron chi connectivity index (χ3n) is 8.10. The number of phenols is 1. The summed E-state index contributed by atoms with van der Waals surface area (Å²) in [5.74, 6) is 0.124. The zero-order valence-corrected chi connectivity index (χ0v) is 22.8. The van der Waals surface area contributed by atoms with Crippen molar-refractivity contribution in [1.82, 2.24) is 10.2 Å². The highest BCUT2D eigenvalue weighted by Gasteiger charge is 2.25. The van der Waals surface area contributed by atoms with Gasteiger partial charge in [0.25, 0.3) is 0 Å². The van der Waals surface area contributed by atoms with Gasteiger partial charge in [-0.25, -0.2) is 0 Å². The van der Waals surface area contributed by atoms with Crippen molar-refractivity contribution in [3.8, 4) is 5.75 Å². The van der Waals surface area contributed by atoms with Gasteiger partial charge in [0.1, 0.15) is 5.75 Å². The minimum absolute atomic E-state index is 0.0423. The maximum Gasteiger partial charge on any atom is 0.237 e. The number of nitrogens with two attached hydrogens (primary N) is 1. The molecule has 0 saturated carbocycles. The van der Waals surface area contributed by atoms with Gasteiger partial charge in [-0.3, -0.25) is 9.69 Å². The van der Waals surface area contributed by atoms with Gasteiger partial charge in [-0.2, -0.15) is 0 Å². The van der Waals surface area contributed by atoms with Crippen LogP contribution in [0.2, 0.25) is 0 Å². The van der Waals surface area contributed by atoms with Crippen LogP contribution < -0.4 is 16.4 Å². The van der Waals surface area contributed by atoms with E-state index in [0.717, 1.165) is 41.9 Å². The molecule has 0 aliphatic carbocycles. The number of anilines is 1. The van der Waals surface area contributed by atoms with Crippen LogP contribution in [-0.2, 0) is 17.8 Å². The number of amides is 1. The lowest BCUT2D eigenvalue weighted by Crippen LogP contribution is -2.44. The molecule has 2 aliphatic rings. The van der Waals surface area contributed by atoms with Gasteiger partial charge in [0.05, 0.1) is 12.1 Å². The van der Waals surface area contributed by atoms with Crippen LogP contribution >= 0.6 is 0 Å². The van der Waals surface area contributed by atoms with Crippen molar-refractivity contribution >= 4 is 11.6 Å². The predicted octanol–water partition coefficient (Wildman–Crippen LogP) is 5.49. The molecule has 0 unspecified atom stereocenters. The summed E-state index contributed by atoms with van der Waals surface area (Å²) in [7, 11) is 0. The Labute approximate surface area is 223 Å². The lowest BCUT2D eigenvalue weighted by Gasteiger charge is -2.30. The normalized spacial score (nSPS) is 20.2. The minimum Gasteiger partial charge on any atom is -0.508 e. The number of carbonyl (C=O) groups excluding carboxylic acids is 1. The number of aromatic hydroxyl groups is 1. The van der Waals surface area contributed by atoms with E-state index >= 15 is 0 Å². The number of nitrogens with one attached hydrogen (secondary N) is 2. The van der Waals surface area contributed by atoms with Crippen LogP contribution in [-0.4, -0.2) is 41.6 Å². The maximum absolute atomic E-state index is 13.2. The van der Waals surface area contributed by atoms with Crippen LogP contribution in [0, 0.1) is 13.8 Å². The fraction of sp³-hybridized carbons (Fsp3) is 0.581. The van der Waals surface area contributed by atoms with Crippen LogP contribution in [0.1, 0.15) is 91.6 Å². The summed E-state index contributed by atoms with van der Waals surface area (Å²) >= 11 is 0. The molecule has 6 heteroatoms. The summed E-state index contributed by atoms with van der Waals surface area (Å²) in [4.78, 5) is 15.8. The van der Waals surface area contributed by atoms with Crippen molar-refractivity contribution in [2.24, 2.45) is 5.73 Å². The first-order valence-corrected chi connectivity index (χ1v) is 14.3. The highest BCUT2D eigenvalue weighted by molar-refractivity contribution is 5.82. The predicted molar refractivity (Wildman–Crippen MR) is 152 cm³/mol. The molecule has 2 aromatic rings. The molecule has 0 bridgehead atoms. The fourth-order valence-electron chi connectivity index (χ4n) is 5.96. The van der Waals surface area contributed by atoms with Crippen molar-refractivity contribution in [1.29, 1.82) is 0 Å². The van der Waals surface area contributed by atoms with Crippen LogP contribution in [0.5, 0.6) is 5.75 Å². The van der Waals surface area contributed by atoms with E-state index in [1.165, 1.54) is 75.6 Å². The highest BCUT2D eigenvalue weighted by Crippen LogP contribution is 2.31. The molecular formula is C31H46N4O2. The Bertz CT molecular complexity index is 1020. The number of phenolic OH excluding ortho intramolecular Hbond substituents is 1. The van der Waals surface area contributed by atoms with Gasteiger partial charge in [-0.15, -0.1) is 0 Å². The second-order valence-corrected chi connectivity index (χ2v) is 11.2. The molecule has 202 valence electrons. The average Bonchev–Trinajstić information content (AvgIpc) is 2.92. The number of benzene rings is 2. The summed E-state index contributed by atoms with van der Waals surface area (Å²) in [5, 5.41) is 16.6. The molecule has 0 spiro atoms. The molecule has 1 fully saturated rings. The average molecular weight is 507 g/mol. The molecule has 4 rings (SSSR count). The molecule has 0 aromatic heterocycles. The number of nitrogens with zero attached hydrogens (tertiary/aromatic N) is 1. The molecule has 2 atom stereocenters. The fourth-order valence-corrected chi connectivity index (χ4v) is 5.96. The SMILES string of the molecule is Cc1cc(O)cc(C)c1C[C@H](N)C(=O)N[C@@H]1CCNc2ccc(CN3CCCCCCCCCC3)cc21. The number of hydrogen-bond donors (Lipinski definition) is 4. The van der Waals surface area contributed by atoms with E-state index in [0.29, 0.717) is 6.42 Å². The Balaban J connectivity index is 1.41. The summed E-state index contributed by atoms with van der Waals surface area (Å²) in [6.07, 6.45) is 12.1. The molecule has 1 amide bonds. The van der Waals surface area contributed by atoms with E-state index in [1.807, 2.05) is 13.8 Å². The smallest absolute Gasteiger partial charge is 0.237 e. The highest BCUT2D eigenvalue weighted by atomic mass is 16.3. The lowest BCUT2D eigenvalue weighted by atomic mass is 9.93. The van der Waals surface area contributed by atoms with Gasteiger partial charge < -0.3 is 21.5 Å². The molecule has 37 heavy (non-hydrogen) atoms. The van der Waals surface area contributed by atoms with Crippen molar-refractivity contribution in [3.63, 3.8) is 0 Å². The Kier molecular flexibility index (Phi) is 9.87. The van der Waals surface area contributed by atoms with Crippen LogP contribution in [0.4, 0.5) is 5.69 Å². The van der Waals surface area contributed by atoms with Crippen LogP contribution in [0.15, 0.2) is 30.3 Å². The molecule has 2 aromatic carbocycles. The number of fused-ring (bicyclic) bond motifs is 1. The summed E-state index contributed by atoms with van der Waals surface area (Å²) in [6.45, 7) is 8.03. The Morgan fingerprint density at radius 2 is 1.65 bits per heavy atom. The van der Waals surface area contributed by atoms with Crippen molar-refractivity contribution < 1.29 is 9.90 Å². The Morgan fingerprint density at radius 3 is 2.30 bits per heavy atom. The van der Waals surface area contributed by atoms with E-state index in [1.54, 1.807) is 12.1 Å². The summed E-state index contributed by atoms with van der Waals surface area (Å²) in [6, 6.07) is 9.49. The zero-order chi connectivity index (χ0) is 26.2. The van der Waals surface area contributed by atoms with Gasteiger partial charge in [0, 0.05) is 18.8 Å². The number of rotatable bonds is 6. The first kappa shape index (κ1) is 27.5. The zero-order valence-electron chi connectivity index (χ0n) is 22.8. The Morgan fingerprint density at radius 1 is 1.03 bits per heavy atom. The van der Waals surface area contributed by atoms with Crippen molar-refractivity contribution in [2.75, 3.05) is 25.0 Å². The quantitative estimate of drug-likeness (QED) is 0.416. The number of carbonyl (C=O) groups is 1. The van der Waals surface area contributed by atoms with Crippen molar-refractivity contribution in [3.05, 3.63) is 58.1 Å². The van der Waals surface area contributed by atoms with Gasteiger partial charge in [0.2, 0.25) is 5.91 Å². The molecule has 5 N–H and O–H groups in total. The van der Waals surface area contributed by atoms with Crippen molar-refractivity contribution in [2.45, 2.75) is 96.7 Å². The molecule has 6 nitrogen and oxygen atoms in total. The first-order chi connectivity index (χ1) is 17.9.